The van der Waals surface area contributed by atoms with Gasteiger partial charge in [0.25, 0.3) is 5.91 Å². The predicted molar refractivity (Wildman–Crippen MR) is 75.2 cm³/mol. The van der Waals surface area contributed by atoms with Crippen LogP contribution in [0.25, 0.3) is 0 Å². The van der Waals surface area contributed by atoms with Gasteiger partial charge < -0.3 is 26.2 Å². The van der Waals surface area contributed by atoms with Crippen LogP contribution in [0.2, 0.25) is 0 Å². The molecule has 1 atom stereocenters. The van der Waals surface area contributed by atoms with Crippen LogP contribution in [0.1, 0.15) is 17.3 Å². The summed E-state index contributed by atoms with van der Waals surface area (Å²) in [5.41, 5.74) is 6.28. The maximum Gasteiger partial charge on any atom is 0.251 e. The van der Waals surface area contributed by atoms with Gasteiger partial charge in [0.05, 0.1) is 18.0 Å². The second kappa shape index (κ2) is 5.90. The minimum Gasteiger partial charge on any atom is -0.397 e. The number of nitrogens with one attached hydrogen (secondary N) is 1. The van der Waals surface area contributed by atoms with Crippen molar-refractivity contribution >= 4 is 17.3 Å². The standard InChI is InChI=1S/C13H21N3O3/c1-13(19,8-17)7-15-12(18)9-4-5-11(16(2)3)10(14)6-9/h4-6,17,19H,7-8,14H2,1-3H3,(H,15,18). The molecule has 1 aromatic carbocycles. The van der Waals surface area contributed by atoms with Gasteiger partial charge in [-0.2, -0.15) is 0 Å². The van der Waals surface area contributed by atoms with Gasteiger partial charge in [-0.25, -0.2) is 0 Å². The van der Waals surface area contributed by atoms with Gasteiger partial charge in [-0.05, 0) is 25.1 Å². The summed E-state index contributed by atoms with van der Waals surface area (Å²) in [6.07, 6.45) is 0. The predicted octanol–water partition coefficient (Wildman–Crippen LogP) is -0.192. The molecular weight excluding hydrogens is 246 g/mol. The van der Waals surface area contributed by atoms with Crippen molar-refractivity contribution in [2.24, 2.45) is 0 Å². The summed E-state index contributed by atoms with van der Waals surface area (Å²) in [5, 5.41) is 21.0. The Morgan fingerprint density at radius 2 is 2.11 bits per heavy atom. The number of rotatable bonds is 5. The Morgan fingerprint density at radius 1 is 1.47 bits per heavy atom. The number of nitrogens with zero attached hydrogens (tertiary/aromatic N) is 1. The fourth-order valence-corrected chi connectivity index (χ4v) is 1.53. The maximum atomic E-state index is 11.9. The summed E-state index contributed by atoms with van der Waals surface area (Å²) in [6.45, 7) is 0.990. The van der Waals surface area contributed by atoms with Crippen molar-refractivity contribution < 1.29 is 15.0 Å². The van der Waals surface area contributed by atoms with E-state index in [1.54, 1.807) is 18.2 Å². The van der Waals surface area contributed by atoms with E-state index in [-0.39, 0.29) is 12.5 Å². The van der Waals surface area contributed by atoms with Crippen LogP contribution in [0.3, 0.4) is 0 Å². The molecule has 1 unspecified atom stereocenters. The molecule has 0 aromatic heterocycles. The van der Waals surface area contributed by atoms with Crippen molar-refractivity contribution in [2.45, 2.75) is 12.5 Å². The fraction of sp³-hybridized carbons (Fsp3) is 0.462. The minimum absolute atomic E-state index is 0.0301. The second-order valence-corrected chi connectivity index (χ2v) is 5.01. The normalized spacial score (nSPS) is 13.7. The number of nitrogens with two attached hydrogens (primary N) is 1. The van der Waals surface area contributed by atoms with Gasteiger partial charge in [-0.3, -0.25) is 4.79 Å². The Bertz CT molecular complexity index is 458. The van der Waals surface area contributed by atoms with Gasteiger partial charge in [-0.15, -0.1) is 0 Å². The third kappa shape index (κ3) is 4.11. The Balaban J connectivity index is 2.76. The molecule has 6 heteroatoms. The number of hydrogen-bond acceptors (Lipinski definition) is 5. The molecule has 0 radical (unpaired) electrons. The second-order valence-electron chi connectivity index (χ2n) is 5.01. The van der Waals surface area contributed by atoms with Crippen molar-refractivity contribution in [3.63, 3.8) is 0 Å². The zero-order valence-corrected chi connectivity index (χ0v) is 11.5. The van der Waals surface area contributed by atoms with Crippen LogP contribution in [0, 0.1) is 0 Å². The SMILES string of the molecule is CN(C)c1ccc(C(=O)NCC(C)(O)CO)cc1N. The third-order valence-corrected chi connectivity index (χ3v) is 2.74. The molecule has 106 valence electrons. The Labute approximate surface area is 112 Å². The molecular formula is C13H21N3O3. The quantitative estimate of drug-likeness (QED) is 0.554. The van der Waals surface area contributed by atoms with Crippen molar-refractivity contribution in [1.82, 2.24) is 5.32 Å². The number of nitrogen functional groups attached to an aromatic ring is 1. The summed E-state index contributed by atoms with van der Waals surface area (Å²) in [7, 11) is 3.73. The monoisotopic (exact) mass is 267 g/mol. The van der Waals surface area contributed by atoms with Crippen molar-refractivity contribution in [1.29, 1.82) is 0 Å². The van der Waals surface area contributed by atoms with E-state index in [1.165, 1.54) is 6.92 Å². The molecule has 6 nitrogen and oxygen atoms in total. The molecule has 1 amide bonds. The average Bonchev–Trinajstić information content (AvgIpc) is 2.35. The van der Waals surface area contributed by atoms with Crippen LogP contribution >= 0.6 is 0 Å². The van der Waals surface area contributed by atoms with E-state index in [2.05, 4.69) is 5.32 Å². The summed E-state index contributed by atoms with van der Waals surface area (Å²) in [6, 6.07) is 5.00. The first-order chi connectivity index (χ1) is 8.76. The number of benzene rings is 1. The average molecular weight is 267 g/mol. The van der Waals surface area contributed by atoms with Gasteiger partial charge in [0, 0.05) is 26.2 Å². The molecule has 0 bridgehead atoms. The molecule has 19 heavy (non-hydrogen) atoms. The molecule has 1 aromatic rings. The molecule has 0 spiro atoms. The van der Waals surface area contributed by atoms with Crippen molar-refractivity contribution in [3.05, 3.63) is 23.8 Å². The first kappa shape index (κ1) is 15.3. The molecule has 5 N–H and O–H groups in total. The number of aliphatic hydroxyl groups excluding tert-OH is 1. The highest BCUT2D eigenvalue weighted by Crippen LogP contribution is 2.22. The van der Waals surface area contributed by atoms with Gasteiger partial charge in [0.15, 0.2) is 0 Å². The van der Waals surface area contributed by atoms with Crippen LogP contribution in [-0.4, -0.2) is 49.0 Å². The number of anilines is 2. The number of carbonyl (C=O) groups excluding carboxylic acids is 1. The molecule has 0 aliphatic carbocycles. The van der Waals surface area contributed by atoms with Crippen molar-refractivity contribution in [2.75, 3.05) is 37.9 Å². The zero-order valence-electron chi connectivity index (χ0n) is 11.5. The summed E-state index contributed by atoms with van der Waals surface area (Å²) in [4.78, 5) is 13.7. The highest BCUT2D eigenvalue weighted by atomic mass is 16.3. The third-order valence-electron chi connectivity index (χ3n) is 2.74. The van der Waals surface area contributed by atoms with E-state index >= 15 is 0 Å². The molecule has 0 saturated carbocycles. The highest BCUT2D eigenvalue weighted by molar-refractivity contribution is 5.96. The van der Waals surface area contributed by atoms with E-state index < -0.39 is 12.2 Å². The molecule has 0 aliphatic heterocycles. The van der Waals surface area contributed by atoms with E-state index in [1.807, 2.05) is 19.0 Å². The molecule has 1 rings (SSSR count). The van der Waals surface area contributed by atoms with Crippen LogP contribution in [-0.2, 0) is 0 Å². The van der Waals surface area contributed by atoms with Crippen LogP contribution in [0.15, 0.2) is 18.2 Å². The smallest absolute Gasteiger partial charge is 0.251 e. The molecule has 0 saturated heterocycles. The largest absolute Gasteiger partial charge is 0.397 e. The van der Waals surface area contributed by atoms with Crippen LogP contribution < -0.4 is 16.0 Å². The van der Waals surface area contributed by atoms with E-state index in [9.17, 15) is 9.90 Å². The van der Waals surface area contributed by atoms with E-state index in [0.717, 1.165) is 5.69 Å². The highest BCUT2D eigenvalue weighted by Gasteiger charge is 2.20. The van der Waals surface area contributed by atoms with Gasteiger partial charge in [0.1, 0.15) is 5.60 Å². The Morgan fingerprint density at radius 3 is 2.58 bits per heavy atom. The molecule has 0 aliphatic rings. The zero-order chi connectivity index (χ0) is 14.6. The van der Waals surface area contributed by atoms with Gasteiger partial charge in [-0.1, -0.05) is 0 Å². The Kier molecular flexibility index (Phi) is 4.74. The van der Waals surface area contributed by atoms with Crippen molar-refractivity contribution in [3.8, 4) is 0 Å². The lowest BCUT2D eigenvalue weighted by molar-refractivity contribution is 0.00320. The van der Waals surface area contributed by atoms with E-state index in [0.29, 0.717) is 11.3 Å². The van der Waals surface area contributed by atoms with Crippen LogP contribution in [0.4, 0.5) is 11.4 Å². The van der Waals surface area contributed by atoms with Gasteiger partial charge >= 0.3 is 0 Å². The molecule has 0 heterocycles. The first-order valence-corrected chi connectivity index (χ1v) is 5.95. The topological polar surface area (TPSA) is 98.8 Å². The van der Waals surface area contributed by atoms with E-state index in [4.69, 9.17) is 10.8 Å². The number of aliphatic hydroxyl groups is 2. The number of hydrogen-bond donors (Lipinski definition) is 4. The number of carbonyl (C=O) groups is 1. The minimum atomic E-state index is -1.33. The summed E-state index contributed by atoms with van der Waals surface area (Å²) < 4.78 is 0. The fourth-order valence-electron chi connectivity index (χ4n) is 1.53. The first-order valence-electron chi connectivity index (χ1n) is 5.95. The van der Waals surface area contributed by atoms with Gasteiger partial charge in [0.2, 0.25) is 0 Å². The summed E-state index contributed by atoms with van der Waals surface area (Å²) >= 11 is 0. The lowest BCUT2D eigenvalue weighted by Crippen LogP contribution is -2.43. The lowest BCUT2D eigenvalue weighted by atomic mass is 10.1. The number of amides is 1. The molecule has 0 fully saturated rings. The van der Waals surface area contributed by atoms with Crippen LogP contribution in [0.5, 0.6) is 0 Å². The maximum absolute atomic E-state index is 11.9. The lowest BCUT2D eigenvalue weighted by Gasteiger charge is -2.21. The Hall–Kier alpha value is -1.79. The summed E-state index contributed by atoms with van der Waals surface area (Å²) in [5.74, 6) is -0.342.